The Kier molecular flexibility index (Phi) is 2.72. The van der Waals surface area contributed by atoms with E-state index in [9.17, 15) is 4.79 Å². The van der Waals surface area contributed by atoms with E-state index in [0.29, 0.717) is 17.7 Å². The minimum absolute atomic E-state index is 0.0929. The van der Waals surface area contributed by atoms with Crippen LogP contribution >= 0.6 is 0 Å². The lowest BCUT2D eigenvalue weighted by Crippen LogP contribution is -1.84. The summed E-state index contributed by atoms with van der Waals surface area (Å²) in [4.78, 5) is 14.5. The molecule has 0 radical (unpaired) electrons. The second-order valence-electron chi connectivity index (χ2n) is 3.32. The van der Waals surface area contributed by atoms with Gasteiger partial charge in [-0.05, 0) is 19.1 Å². The van der Waals surface area contributed by atoms with Gasteiger partial charge in [0.25, 0.3) is 5.89 Å². The molecule has 4 heteroatoms. The maximum Gasteiger partial charge on any atom is 0.260 e. The Bertz CT molecular complexity index is 517. The molecule has 0 unspecified atom stereocenters. The average Bonchev–Trinajstić information content (AvgIpc) is 2.71. The fourth-order valence-electron chi connectivity index (χ4n) is 1.50. The van der Waals surface area contributed by atoms with Gasteiger partial charge in [0.15, 0.2) is 5.76 Å². The van der Waals surface area contributed by atoms with Crippen molar-refractivity contribution in [3.05, 3.63) is 35.9 Å². The smallest absolute Gasteiger partial charge is 0.260 e. The van der Waals surface area contributed by atoms with E-state index in [1.54, 1.807) is 14.0 Å². The van der Waals surface area contributed by atoms with E-state index < -0.39 is 0 Å². The van der Waals surface area contributed by atoms with Crippen LogP contribution in [0.1, 0.15) is 16.4 Å². The first-order valence-electron chi connectivity index (χ1n) is 4.81. The fraction of sp³-hybridized carbons (Fsp3) is 0.167. The molecule has 0 aliphatic heterocycles. The van der Waals surface area contributed by atoms with Crippen LogP contribution in [0, 0.1) is 6.92 Å². The predicted octanol–water partition coefficient (Wildman–Crippen LogP) is 2.47. The summed E-state index contributed by atoms with van der Waals surface area (Å²) in [5, 5.41) is 0. The molecule has 1 aromatic heterocycles. The molecule has 0 atom stereocenters. The third kappa shape index (κ3) is 1.82. The van der Waals surface area contributed by atoms with Crippen LogP contribution in [-0.4, -0.2) is 18.4 Å². The Morgan fingerprint density at radius 1 is 1.44 bits per heavy atom. The van der Waals surface area contributed by atoms with E-state index in [4.69, 9.17) is 9.15 Å². The Morgan fingerprint density at radius 3 is 2.88 bits per heavy atom. The Labute approximate surface area is 92.9 Å². The first-order valence-corrected chi connectivity index (χ1v) is 4.81. The fourth-order valence-corrected chi connectivity index (χ4v) is 1.50. The van der Waals surface area contributed by atoms with Gasteiger partial charge in [-0.15, -0.1) is 0 Å². The first-order chi connectivity index (χ1) is 7.74. The zero-order chi connectivity index (χ0) is 11.5. The van der Waals surface area contributed by atoms with Crippen molar-refractivity contribution in [2.45, 2.75) is 6.92 Å². The van der Waals surface area contributed by atoms with Crippen LogP contribution in [-0.2, 0) is 0 Å². The molecule has 2 aromatic rings. The van der Waals surface area contributed by atoms with Crippen molar-refractivity contribution < 1.29 is 13.9 Å². The van der Waals surface area contributed by atoms with Crippen molar-refractivity contribution >= 4 is 6.29 Å². The molecular formula is C12H11NO3. The number of carbonyl (C=O) groups excluding carboxylic acids is 1. The Balaban J connectivity index is 2.48. The zero-order valence-corrected chi connectivity index (χ0v) is 9.06. The molecule has 1 aromatic carbocycles. The average molecular weight is 217 g/mol. The molecule has 0 amide bonds. The quantitative estimate of drug-likeness (QED) is 0.741. The zero-order valence-electron chi connectivity index (χ0n) is 9.06. The number of aromatic nitrogens is 1. The number of rotatable bonds is 3. The summed E-state index contributed by atoms with van der Waals surface area (Å²) >= 11 is 0. The SMILES string of the molecule is COc1cccc(-c2oc(C=O)nc2C)c1. The molecule has 4 nitrogen and oxygen atoms in total. The van der Waals surface area contributed by atoms with Gasteiger partial charge < -0.3 is 9.15 Å². The maximum atomic E-state index is 10.5. The summed E-state index contributed by atoms with van der Waals surface area (Å²) in [5.41, 5.74) is 1.54. The lowest BCUT2D eigenvalue weighted by molar-refractivity contribution is 0.109. The minimum Gasteiger partial charge on any atom is -0.497 e. The molecule has 0 spiro atoms. The number of nitrogens with zero attached hydrogens (tertiary/aromatic N) is 1. The van der Waals surface area contributed by atoms with Crippen LogP contribution in [0.5, 0.6) is 5.75 Å². The second-order valence-corrected chi connectivity index (χ2v) is 3.32. The molecule has 1 heterocycles. The van der Waals surface area contributed by atoms with Gasteiger partial charge in [0.2, 0.25) is 6.29 Å². The molecule has 0 aliphatic rings. The van der Waals surface area contributed by atoms with Gasteiger partial charge in [-0.25, -0.2) is 4.98 Å². The highest BCUT2D eigenvalue weighted by Gasteiger charge is 2.11. The van der Waals surface area contributed by atoms with Crippen molar-refractivity contribution in [3.63, 3.8) is 0 Å². The summed E-state index contributed by atoms with van der Waals surface area (Å²) < 4.78 is 10.4. The number of ether oxygens (including phenoxy) is 1. The highest BCUT2D eigenvalue weighted by Crippen LogP contribution is 2.26. The number of aryl methyl sites for hydroxylation is 1. The van der Waals surface area contributed by atoms with Crippen LogP contribution in [0.25, 0.3) is 11.3 Å². The van der Waals surface area contributed by atoms with E-state index in [-0.39, 0.29) is 5.89 Å². The van der Waals surface area contributed by atoms with Gasteiger partial charge in [-0.2, -0.15) is 0 Å². The van der Waals surface area contributed by atoms with E-state index in [1.165, 1.54) is 0 Å². The molecule has 0 aliphatic carbocycles. The molecule has 0 saturated heterocycles. The van der Waals surface area contributed by atoms with Gasteiger partial charge in [-0.3, -0.25) is 4.79 Å². The van der Waals surface area contributed by atoms with E-state index >= 15 is 0 Å². The Hall–Kier alpha value is -2.10. The molecule has 82 valence electrons. The van der Waals surface area contributed by atoms with Gasteiger partial charge in [0.1, 0.15) is 5.75 Å². The highest BCUT2D eigenvalue weighted by atomic mass is 16.5. The van der Waals surface area contributed by atoms with Crippen LogP contribution < -0.4 is 4.74 Å². The summed E-state index contributed by atoms with van der Waals surface area (Å²) in [5.74, 6) is 1.43. The number of methoxy groups -OCH3 is 1. The molecular weight excluding hydrogens is 206 g/mol. The van der Waals surface area contributed by atoms with Crippen molar-refractivity contribution in [1.29, 1.82) is 0 Å². The van der Waals surface area contributed by atoms with Gasteiger partial charge in [0, 0.05) is 5.56 Å². The molecule has 2 rings (SSSR count). The molecule has 0 fully saturated rings. The van der Waals surface area contributed by atoms with Gasteiger partial charge in [0.05, 0.1) is 12.8 Å². The monoisotopic (exact) mass is 217 g/mol. The molecule has 16 heavy (non-hydrogen) atoms. The maximum absolute atomic E-state index is 10.5. The Morgan fingerprint density at radius 2 is 2.25 bits per heavy atom. The topological polar surface area (TPSA) is 52.3 Å². The summed E-state index contributed by atoms with van der Waals surface area (Å²) in [6.45, 7) is 1.80. The number of carbonyl (C=O) groups is 1. The van der Waals surface area contributed by atoms with Crippen molar-refractivity contribution in [1.82, 2.24) is 4.98 Å². The van der Waals surface area contributed by atoms with Crippen LogP contribution in [0.3, 0.4) is 0 Å². The molecule has 0 saturated carbocycles. The number of hydrogen-bond donors (Lipinski definition) is 0. The number of hydrogen-bond acceptors (Lipinski definition) is 4. The van der Waals surface area contributed by atoms with Gasteiger partial charge >= 0.3 is 0 Å². The van der Waals surface area contributed by atoms with Crippen molar-refractivity contribution in [3.8, 4) is 17.1 Å². The van der Waals surface area contributed by atoms with E-state index in [0.717, 1.165) is 11.3 Å². The van der Waals surface area contributed by atoms with Gasteiger partial charge in [-0.1, -0.05) is 12.1 Å². The summed E-state index contributed by atoms with van der Waals surface area (Å²) in [6, 6.07) is 7.42. The van der Waals surface area contributed by atoms with Crippen molar-refractivity contribution in [2.24, 2.45) is 0 Å². The predicted molar refractivity (Wildman–Crippen MR) is 58.6 cm³/mol. The number of aldehydes is 1. The van der Waals surface area contributed by atoms with Crippen molar-refractivity contribution in [2.75, 3.05) is 7.11 Å². The highest BCUT2D eigenvalue weighted by molar-refractivity contribution is 5.71. The summed E-state index contributed by atoms with van der Waals surface area (Å²) in [7, 11) is 1.60. The second kappa shape index (κ2) is 4.18. The van der Waals surface area contributed by atoms with Crippen LogP contribution in [0.15, 0.2) is 28.7 Å². The number of oxazole rings is 1. The molecule has 0 bridgehead atoms. The van der Waals surface area contributed by atoms with E-state index in [2.05, 4.69) is 4.98 Å². The third-order valence-electron chi connectivity index (χ3n) is 2.25. The lowest BCUT2D eigenvalue weighted by atomic mass is 10.1. The largest absolute Gasteiger partial charge is 0.497 e. The normalized spacial score (nSPS) is 10.1. The molecule has 0 N–H and O–H groups in total. The summed E-state index contributed by atoms with van der Waals surface area (Å²) in [6.07, 6.45) is 0.594. The lowest BCUT2D eigenvalue weighted by Gasteiger charge is -2.01. The van der Waals surface area contributed by atoms with E-state index in [1.807, 2.05) is 24.3 Å². The van der Waals surface area contributed by atoms with Crippen LogP contribution in [0.4, 0.5) is 0 Å². The minimum atomic E-state index is 0.0929. The van der Waals surface area contributed by atoms with Crippen LogP contribution in [0.2, 0.25) is 0 Å². The standard InChI is InChI=1S/C12H11NO3/c1-8-12(16-11(7-14)13-8)9-4-3-5-10(6-9)15-2/h3-7H,1-2H3. The third-order valence-corrected chi connectivity index (χ3v) is 2.25. The first kappa shape index (κ1) is 10.4. The number of benzene rings is 1.